The summed E-state index contributed by atoms with van der Waals surface area (Å²) in [5, 5.41) is 12.4. The van der Waals surface area contributed by atoms with Gasteiger partial charge in [0, 0.05) is 24.3 Å². The fourth-order valence-electron chi connectivity index (χ4n) is 3.38. The molecule has 5 nitrogen and oxygen atoms in total. The maximum absolute atomic E-state index is 9.23. The van der Waals surface area contributed by atoms with E-state index in [-0.39, 0.29) is 12.0 Å². The summed E-state index contributed by atoms with van der Waals surface area (Å²) in [7, 11) is 0. The number of benzene rings is 1. The lowest BCUT2D eigenvalue weighted by atomic mass is 9.84. The highest BCUT2D eigenvalue weighted by molar-refractivity contribution is 5.92. The van der Waals surface area contributed by atoms with Gasteiger partial charge in [-0.05, 0) is 55.4 Å². The first kappa shape index (κ1) is 15.3. The minimum absolute atomic E-state index is 0.0566. The van der Waals surface area contributed by atoms with Gasteiger partial charge < -0.3 is 20.9 Å². The molecule has 0 amide bonds. The Kier molecular flexibility index (Phi) is 4.64. The predicted octanol–water partition coefficient (Wildman–Crippen LogP) is 1.69. The third-order valence-corrected chi connectivity index (χ3v) is 4.78. The van der Waals surface area contributed by atoms with Crippen molar-refractivity contribution in [2.24, 2.45) is 16.1 Å². The number of aryl methyl sites for hydroxylation is 2. The highest BCUT2D eigenvalue weighted by atomic mass is 16.5. The van der Waals surface area contributed by atoms with Crippen LogP contribution in [0.25, 0.3) is 0 Å². The van der Waals surface area contributed by atoms with Gasteiger partial charge in [0.2, 0.25) is 0 Å². The van der Waals surface area contributed by atoms with Crippen molar-refractivity contribution in [3.8, 4) is 0 Å². The molecule has 0 aromatic heterocycles. The van der Waals surface area contributed by atoms with Crippen LogP contribution in [0.1, 0.15) is 30.4 Å². The summed E-state index contributed by atoms with van der Waals surface area (Å²) in [6, 6.07) is 6.41. The van der Waals surface area contributed by atoms with Gasteiger partial charge in [0.25, 0.3) is 0 Å². The number of rotatable bonds is 5. The van der Waals surface area contributed by atoms with Gasteiger partial charge in [0.15, 0.2) is 5.96 Å². The molecule has 1 fully saturated rings. The molecule has 1 aromatic carbocycles. The van der Waals surface area contributed by atoms with E-state index in [1.807, 2.05) is 0 Å². The molecule has 1 aliphatic carbocycles. The first-order valence-electron chi connectivity index (χ1n) is 8.08. The Bertz CT molecular complexity index is 551. The van der Waals surface area contributed by atoms with Gasteiger partial charge in [-0.1, -0.05) is 6.07 Å². The number of anilines is 1. The second-order valence-corrected chi connectivity index (χ2v) is 6.44. The Morgan fingerprint density at radius 2 is 2.23 bits per heavy atom. The lowest BCUT2D eigenvalue weighted by molar-refractivity contribution is 0.131. The topological polar surface area (TPSA) is 79.9 Å². The quantitative estimate of drug-likeness (QED) is 0.571. The third kappa shape index (κ3) is 3.42. The molecule has 1 unspecified atom stereocenters. The van der Waals surface area contributed by atoms with Crippen molar-refractivity contribution >= 4 is 11.6 Å². The number of nitrogens with one attached hydrogen (secondary N) is 1. The summed E-state index contributed by atoms with van der Waals surface area (Å²) in [5.41, 5.74) is 9.83. The second-order valence-electron chi connectivity index (χ2n) is 6.44. The molecule has 1 heterocycles. The predicted molar refractivity (Wildman–Crippen MR) is 88.2 cm³/mol. The van der Waals surface area contributed by atoms with Crippen LogP contribution in [-0.2, 0) is 17.6 Å². The molecule has 1 aromatic rings. The van der Waals surface area contributed by atoms with Crippen molar-refractivity contribution in [3.05, 3.63) is 29.3 Å². The highest BCUT2D eigenvalue weighted by Crippen LogP contribution is 2.32. The number of aliphatic hydroxyl groups is 1. The van der Waals surface area contributed by atoms with E-state index in [4.69, 9.17) is 10.5 Å². The van der Waals surface area contributed by atoms with Crippen molar-refractivity contribution in [2.45, 2.75) is 32.1 Å². The summed E-state index contributed by atoms with van der Waals surface area (Å²) >= 11 is 0. The number of aliphatic hydroxyl groups excluding tert-OH is 1. The Hall–Kier alpha value is -1.59. The van der Waals surface area contributed by atoms with Crippen LogP contribution in [0.15, 0.2) is 23.2 Å². The van der Waals surface area contributed by atoms with Crippen LogP contribution in [0.4, 0.5) is 5.69 Å². The van der Waals surface area contributed by atoms with E-state index in [1.165, 1.54) is 24.0 Å². The number of hydrogen-bond donors (Lipinski definition) is 3. The van der Waals surface area contributed by atoms with E-state index in [1.54, 1.807) is 0 Å². The van der Waals surface area contributed by atoms with Crippen LogP contribution in [0, 0.1) is 5.41 Å². The van der Waals surface area contributed by atoms with Gasteiger partial charge in [0.1, 0.15) is 0 Å². The zero-order valence-corrected chi connectivity index (χ0v) is 13.0. The fraction of sp³-hybridized carbons (Fsp3) is 0.588. The molecule has 0 bridgehead atoms. The summed E-state index contributed by atoms with van der Waals surface area (Å²) in [4.78, 5) is 4.48. The molecule has 1 saturated heterocycles. The first-order valence-corrected chi connectivity index (χ1v) is 8.08. The van der Waals surface area contributed by atoms with E-state index in [9.17, 15) is 5.11 Å². The van der Waals surface area contributed by atoms with Crippen LogP contribution < -0.4 is 11.1 Å². The summed E-state index contributed by atoms with van der Waals surface area (Å²) in [5.74, 6) is 0.433. The number of guanidine groups is 1. The first-order chi connectivity index (χ1) is 10.7. The largest absolute Gasteiger partial charge is 0.396 e. The normalized spacial score (nSPS) is 24.5. The van der Waals surface area contributed by atoms with Gasteiger partial charge in [-0.2, -0.15) is 0 Å². The van der Waals surface area contributed by atoms with Gasteiger partial charge in [-0.15, -0.1) is 0 Å². The Morgan fingerprint density at radius 1 is 1.36 bits per heavy atom. The maximum atomic E-state index is 9.23. The van der Waals surface area contributed by atoms with Crippen LogP contribution >= 0.6 is 0 Å². The number of nitrogens with zero attached hydrogens (tertiary/aromatic N) is 1. The molecule has 5 heteroatoms. The van der Waals surface area contributed by atoms with E-state index >= 15 is 0 Å². The molecule has 1 atom stereocenters. The van der Waals surface area contributed by atoms with Gasteiger partial charge in [-0.3, -0.25) is 4.99 Å². The minimum atomic E-state index is -0.0566. The summed E-state index contributed by atoms with van der Waals surface area (Å²) < 4.78 is 5.47. The molecule has 0 saturated carbocycles. The molecule has 4 N–H and O–H groups in total. The maximum Gasteiger partial charge on any atom is 0.193 e. The molecule has 2 aliphatic rings. The second kappa shape index (κ2) is 6.67. The lowest BCUT2D eigenvalue weighted by Crippen LogP contribution is -2.30. The lowest BCUT2D eigenvalue weighted by Gasteiger charge is -2.24. The van der Waals surface area contributed by atoms with Crippen molar-refractivity contribution in [3.63, 3.8) is 0 Å². The Balaban J connectivity index is 1.62. The Labute approximate surface area is 131 Å². The summed E-state index contributed by atoms with van der Waals surface area (Å²) in [6.45, 7) is 2.16. The van der Waals surface area contributed by atoms with Crippen molar-refractivity contribution in [1.82, 2.24) is 0 Å². The van der Waals surface area contributed by atoms with Crippen molar-refractivity contribution in [1.29, 1.82) is 0 Å². The molecular formula is C17H25N3O2. The Morgan fingerprint density at radius 3 is 3.00 bits per heavy atom. The summed E-state index contributed by atoms with van der Waals surface area (Å²) in [6.07, 6.45) is 5.22. The zero-order valence-electron chi connectivity index (χ0n) is 13.0. The van der Waals surface area contributed by atoms with Crippen LogP contribution in [-0.4, -0.2) is 37.4 Å². The van der Waals surface area contributed by atoms with Crippen molar-refractivity contribution < 1.29 is 9.84 Å². The van der Waals surface area contributed by atoms with E-state index in [2.05, 4.69) is 28.5 Å². The molecule has 120 valence electrons. The van der Waals surface area contributed by atoms with Gasteiger partial charge in [-0.25, -0.2) is 0 Å². The number of hydrogen-bond acceptors (Lipinski definition) is 3. The number of ether oxygens (including phenoxy) is 1. The molecule has 22 heavy (non-hydrogen) atoms. The fourth-order valence-corrected chi connectivity index (χ4v) is 3.38. The van der Waals surface area contributed by atoms with E-state index < -0.39 is 0 Å². The van der Waals surface area contributed by atoms with Gasteiger partial charge in [0.05, 0.1) is 13.2 Å². The minimum Gasteiger partial charge on any atom is -0.396 e. The average molecular weight is 303 g/mol. The number of fused-ring (bicyclic) bond motifs is 1. The van der Waals surface area contributed by atoms with E-state index in [0.29, 0.717) is 25.5 Å². The van der Waals surface area contributed by atoms with Crippen LogP contribution in [0.5, 0.6) is 0 Å². The average Bonchev–Trinajstić information content (AvgIpc) is 3.15. The molecule has 0 spiro atoms. The molecule has 0 radical (unpaired) electrons. The number of nitrogens with two attached hydrogens (primary N) is 1. The third-order valence-electron chi connectivity index (χ3n) is 4.78. The molecule has 3 rings (SSSR count). The standard InChI is InChI=1S/C17H25N3O2/c18-16(19-11-17(6-8-21)7-9-22-12-17)20-15-5-4-13-2-1-3-14(13)10-15/h4-5,10,21H,1-3,6-9,11-12H2,(H3,18,19,20). The molecule has 1 aliphatic heterocycles. The molecular weight excluding hydrogens is 278 g/mol. The zero-order chi connectivity index (χ0) is 15.4. The van der Waals surface area contributed by atoms with E-state index in [0.717, 1.165) is 25.1 Å². The smallest absolute Gasteiger partial charge is 0.193 e. The highest BCUT2D eigenvalue weighted by Gasteiger charge is 2.34. The van der Waals surface area contributed by atoms with Crippen LogP contribution in [0.3, 0.4) is 0 Å². The monoisotopic (exact) mass is 303 g/mol. The van der Waals surface area contributed by atoms with Gasteiger partial charge >= 0.3 is 0 Å². The van der Waals surface area contributed by atoms with Crippen molar-refractivity contribution in [2.75, 3.05) is 31.7 Å². The SMILES string of the molecule is NC(=NCC1(CCO)CCOC1)Nc1ccc2c(c1)CCC2. The van der Waals surface area contributed by atoms with Crippen LogP contribution in [0.2, 0.25) is 0 Å². The number of aliphatic imine (C=N–C) groups is 1.